The van der Waals surface area contributed by atoms with Gasteiger partial charge < -0.3 is 9.32 Å². The monoisotopic (exact) mass is 438 g/mol. The smallest absolute Gasteiger partial charge is 0.263 e. The molecule has 1 heterocycles. The van der Waals surface area contributed by atoms with Crippen LogP contribution < -0.4 is 4.72 Å². The van der Waals surface area contributed by atoms with Gasteiger partial charge in [-0.2, -0.15) is 0 Å². The Balaban J connectivity index is 1.81. The molecule has 0 radical (unpaired) electrons. The molecule has 28 heavy (non-hydrogen) atoms. The van der Waals surface area contributed by atoms with Crippen LogP contribution in [0.4, 0.5) is 5.69 Å². The van der Waals surface area contributed by atoms with Crippen molar-refractivity contribution in [2.75, 3.05) is 11.8 Å². The minimum Gasteiger partial charge on any atom is -0.467 e. The summed E-state index contributed by atoms with van der Waals surface area (Å²) in [6, 6.07) is 13.9. The van der Waals surface area contributed by atoms with E-state index in [1.54, 1.807) is 37.4 Å². The third-order valence-electron chi connectivity index (χ3n) is 3.86. The lowest BCUT2D eigenvalue weighted by atomic mass is 10.2. The predicted molar refractivity (Wildman–Crippen MR) is 108 cm³/mol. The van der Waals surface area contributed by atoms with Crippen molar-refractivity contribution in [2.24, 2.45) is 0 Å². The highest BCUT2D eigenvalue weighted by Gasteiger charge is 2.20. The number of hydrogen-bond acceptors (Lipinski definition) is 4. The molecule has 0 atom stereocenters. The Labute approximate surface area is 172 Å². The lowest BCUT2D eigenvalue weighted by Gasteiger charge is -2.16. The van der Waals surface area contributed by atoms with E-state index >= 15 is 0 Å². The average molecular weight is 439 g/mol. The van der Waals surface area contributed by atoms with E-state index in [2.05, 4.69) is 4.72 Å². The molecule has 1 amide bonds. The molecule has 146 valence electrons. The van der Waals surface area contributed by atoms with E-state index in [0.717, 1.165) is 0 Å². The molecule has 0 unspecified atom stereocenters. The number of furan rings is 1. The molecule has 0 bridgehead atoms. The van der Waals surface area contributed by atoms with Crippen molar-refractivity contribution in [3.8, 4) is 0 Å². The fraction of sp³-hybridized carbons (Fsp3) is 0.105. The molecule has 3 rings (SSSR count). The summed E-state index contributed by atoms with van der Waals surface area (Å²) in [5, 5.41) is 0.288. The van der Waals surface area contributed by atoms with Crippen LogP contribution in [-0.2, 0) is 16.6 Å². The van der Waals surface area contributed by atoms with Gasteiger partial charge in [-0.05, 0) is 48.5 Å². The summed E-state index contributed by atoms with van der Waals surface area (Å²) in [6.07, 6.45) is 1.53. The number of rotatable bonds is 6. The number of halogens is 2. The van der Waals surface area contributed by atoms with Crippen molar-refractivity contribution >= 4 is 44.8 Å². The van der Waals surface area contributed by atoms with E-state index in [-0.39, 0.29) is 26.5 Å². The summed E-state index contributed by atoms with van der Waals surface area (Å²) >= 11 is 11.9. The molecule has 0 aliphatic rings. The zero-order valence-electron chi connectivity index (χ0n) is 14.7. The fourth-order valence-electron chi connectivity index (χ4n) is 2.54. The summed E-state index contributed by atoms with van der Waals surface area (Å²) in [7, 11) is -2.34. The van der Waals surface area contributed by atoms with Gasteiger partial charge >= 0.3 is 0 Å². The number of benzene rings is 2. The van der Waals surface area contributed by atoms with Crippen molar-refractivity contribution < 1.29 is 17.6 Å². The maximum absolute atomic E-state index is 12.6. The molecule has 1 N–H and O–H groups in total. The topological polar surface area (TPSA) is 79.6 Å². The Morgan fingerprint density at radius 2 is 1.89 bits per heavy atom. The number of nitrogens with zero attached hydrogens (tertiary/aromatic N) is 1. The lowest BCUT2D eigenvalue weighted by Crippen LogP contribution is -2.26. The van der Waals surface area contributed by atoms with Gasteiger partial charge in [-0.3, -0.25) is 9.52 Å². The Kier molecular flexibility index (Phi) is 5.98. The number of hydrogen-bond donors (Lipinski definition) is 1. The molecule has 1 aromatic heterocycles. The first-order valence-electron chi connectivity index (χ1n) is 8.12. The number of sulfonamides is 1. The van der Waals surface area contributed by atoms with Crippen LogP contribution in [0.5, 0.6) is 0 Å². The van der Waals surface area contributed by atoms with E-state index < -0.39 is 10.0 Å². The second-order valence-electron chi connectivity index (χ2n) is 6.00. The third-order valence-corrected chi connectivity index (χ3v) is 5.96. The Morgan fingerprint density at radius 3 is 2.61 bits per heavy atom. The van der Waals surface area contributed by atoms with Crippen LogP contribution in [0, 0.1) is 0 Å². The predicted octanol–water partition coefficient (Wildman–Crippen LogP) is 4.66. The Morgan fingerprint density at radius 1 is 1.11 bits per heavy atom. The summed E-state index contributed by atoms with van der Waals surface area (Å²) in [5.74, 6) is 0.363. The first kappa shape index (κ1) is 20.3. The number of amides is 1. The van der Waals surface area contributed by atoms with Gasteiger partial charge in [0.2, 0.25) is 0 Å². The quantitative estimate of drug-likeness (QED) is 0.606. The number of nitrogens with one attached hydrogen (secondary N) is 1. The molecule has 9 heteroatoms. The van der Waals surface area contributed by atoms with E-state index in [4.69, 9.17) is 27.6 Å². The minimum absolute atomic E-state index is 0.0438. The van der Waals surface area contributed by atoms with Gasteiger partial charge in [-0.15, -0.1) is 0 Å². The first-order valence-corrected chi connectivity index (χ1v) is 10.4. The summed E-state index contributed by atoms with van der Waals surface area (Å²) in [4.78, 5) is 14.0. The van der Waals surface area contributed by atoms with Gasteiger partial charge in [0.15, 0.2) is 0 Å². The molecule has 0 aliphatic carbocycles. The highest BCUT2D eigenvalue weighted by Crippen LogP contribution is 2.27. The second kappa shape index (κ2) is 8.26. The Bertz CT molecular complexity index is 1100. The zero-order valence-corrected chi connectivity index (χ0v) is 17.1. The van der Waals surface area contributed by atoms with E-state index in [9.17, 15) is 13.2 Å². The van der Waals surface area contributed by atoms with Gasteiger partial charge in [0.25, 0.3) is 15.9 Å². The van der Waals surface area contributed by atoms with E-state index in [0.29, 0.717) is 17.9 Å². The highest BCUT2D eigenvalue weighted by atomic mass is 35.5. The van der Waals surface area contributed by atoms with Gasteiger partial charge in [-0.25, -0.2) is 8.42 Å². The molecule has 0 saturated carbocycles. The largest absolute Gasteiger partial charge is 0.467 e. The van der Waals surface area contributed by atoms with Crippen LogP contribution in [0.15, 0.2) is 70.2 Å². The average Bonchev–Trinajstić information content (AvgIpc) is 3.15. The van der Waals surface area contributed by atoms with E-state index in [1.165, 1.54) is 35.4 Å². The summed E-state index contributed by atoms with van der Waals surface area (Å²) < 4.78 is 32.9. The highest BCUT2D eigenvalue weighted by molar-refractivity contribution is 7.92. The lowest BCUT2D eigenvalue weighted by molar-refractivity contribution is 0.0775. The summed E-state index contributed by atoms with van der Waals surface area (Å²) in [6.45, 7) is 0.292. The van der Waals surface area contributed by atoms with Crippen LogP contribution in [0.1, 0.15) is 16.1 Å². The third kappa shape index (κ3) is 4.67. The van der Waals surface area contributed by atoms with Crippen molar-refractivity contribution in [1.82, 2.24) is 4.90 Å². The number of carbonyl (C=O) groups is 1. The number of carbonyl (C=O) groups excluding carboxylic acids is 1. The molecular formula is C19H16Cl2N2O4S. The minimum atomic E-state index is -3.98. The molecule has 0 aliphatic heterocycles. The standard InChI is InChI=1S/C19H16Cl2N2O4S/c1-23(12-16-6-3-9-27-16)19(24)13-4-2-5-15(10-13)22-28(25,26)18-11-14(20)7-8-17(18)21/h2-11,22H,12H2,1H3. The molecule has 6 nitrogen and oxygen atoms in total. The van der Waals surface area contributed by atoms with Crippen molar-refractivity contribution in [3.63, 3.8) is 0 Å². The molecule has 0 saturated heterocycles. The normalized spacial score (nSPS) is 11.2. The molecule has 2 aromatic carbocycles. The van der Waals surface area contributed by atoms with Crippen LogP contribution >= 0.6 is 23.2 Å². The zero-order chi connectivity index (χ0) is 20.3. The number of anilines is 1. The van der Waals surface area contributed by atoms with Crippen LogP contribution in [0.3, 0.4) is 0 Å². The van der Waals surface area contributed by atoms with Gasteiger partial charge in [0.1, 0.15) is 10.7 Å². The van der Waals surface area contributed by atoms with Gasteiger partial charge in [-0.1, -0.05) is 29.3 Å². The van der Waals surface area contributed by atoms with Crippen molar-refractivity contribution in [1.29, 1.82) is 0 Å². The molecule has 3 aromatic rings. The second-order valence-corrected chi connectivity index (χ2v) is 8.50. The van der Waals surface area contributed by atoms with Crippen molar-refractivity contribution in [2.45, 2.75) is 11.4 Å². The summed E-state index contributed by atoms with van der Waals surface area (Å²) in [5.41, 5.74) is 0.555. The van der Waals surface area contributed by atoms with E-state index in [1.807, 2.05) is 0 Å². The molecule has 0 spiro atoms. The maximum Gasteiger partial charge on any atom is 0.263 e. The van der Waals surface area contributed by atoms with Gasteiger partial charge in [0, 0.05) is 23.3 Å². The van der Waals surface area contributed by atoms with Crippen LogP contribution in [-0.4, -0.2) is 26.3 Å². The van der Waals surface area contributed by atoms with Crippen LogP contribution in [0.2, 0.25) is 10.0 Å². The first-order chi connectivity index (χ1) is 13.3. The molecule has 0 fully saturated rings. The van der Waals surface area contributed by atoms with Crippen LogP contribution in [0.25, 0.3) is 0 Å². The SMILES string of the molecule is CN(Cc1ccco1)C(=O)c1cccc(NS(=O)(=O)c2cc(Cl)ccc2Cl)c1. The molecular weight excluding hydrogens is 423 g/mol. The Hall–Kier alpha value is -2.48. The maximum atomic E-state index is 12.6. The fourth-order valence-corrected chi connectivity index (χ4v) is 4.35. The van der Waals surface area contributed by atoms with Gasteiger partial charge in [0.05, 0.1) is 17.8 Å². The van der Waals surface area contributed by atoms with Crippen molar-refractivity contribution in [3.05, 3.63) is 82.2 Å².